The van der Waals surface area contributed by atoms with Gasteiger partial charge in [0.1, 0.15) is 6.29 Å². The second kappa shape index (κ2) is 11.6. The lowest BCUT2D eigenvalue weighted by molar-refractivity contribution is -0.105. The zero-order valence-electron chi connectivity index (χ0n) is 14.2. The Balaban J connectivity index is 2.37. The second-order valence-corrected chi connectivity index (χ2v) is 5.83. The Morgan fingerprint density at radius 1 is 1.30 bits per heavy atom. The maximum Gasteiger partial charge on any atom is 0.145 e. The van der Waals surface area contributed by atoms with E-state index in [9.17, 15) is 4.79 Å². The molecule has 0 fully saturated rings. The van der Waals surface area contributed by atoms with E-state index in [2.05, 4.69) is 13.2 Å². The predicted molar refractivity (Wildman–Crippen MR) is 97.2 cm³/mol. The van der Waals surface area contributed by atoms with Crippen LogP contribution in [0.25, 0.3) is 0 Å². The highest BCUT2D eigenvalue weighted by atomic mass is 16.5. The fourth-order valence-corrected chi connectivity index (χ4v) is 2.34. The first kappa shape index (κ1) is 19.1. The van der Waals surface area contributed by atoms with Crippen LogP contribution in [0, 0.1) is 5.92 Å². The number of rotatable bonds is 12. The van der Waals surface area contributed by atoms with Gasteiger partial charge in [-0.3, -0.25) is 4.79 Å². The first-order chi connectivity index (χ1) is 11.2. The maximum atomic E-state index is 11.2. The van der Waals surface area contributed by atoms with Crippen molar-refractivity contribution in [3.05, 3.63) is 72.4 Å². The van der Waals surface area contributed by atoms with Gasteiger partial charge in [-0.25, -0.2) is 0 Å². The van der Waals surface area contributed by atoms with Gasteiger partial charge in [0, 0.05) is 0 Å². The molecule has 0 amide bonds. The summed E-state index contributed by atoms with van der Waals surface area (Å²) in [6, 6.07) is 10.1. The van der Waals surface area contributed by atoms with Crippen LogP contribution in [-0.2, 0) is 16.1 Å². The van der Waals surface area contributed by atoms with E-state index in [1.807, 2.05) is 49.4 Å². The Morgan fingerprint density at radius 3 is 2.65 bits per heavy atom. The molecule has 1 unspecified atom stereocenters. The fourth-order valence-electron chi connectivity index (χ4n) is 2.34. The summed E-state index contributed by atoms with van der Waals surface area (Å²) >= 11 is 0. The maximum absolute atomic E-state index is 11.2. The molecule has 0 spiro atoms. The van der Waals surface area contributed by atoms with E-state index in [-0.39, 0.29) is 0 Å². The quantitative estimate of drug-likeness (QED) is 0.227. The van der Waals surface area contributed by atoms with Gasteiger partial charge in [-0.15, -0.1) is 6.58 Å². The highest BCUT2D eigenvalue weighted by Gasteiger charge is 2.07. The van der Waals surface area contributed by atoms with E-state index in [1.165, 1.54) is 0 Å². The first-order valence-electron chi connectivity index (χ1n) is 8.19. The van der Waals surface area contributed by atoms with E-state index in [1.54, 1.807) is 0 Å². The molecule has 2 nitrogen and oxygen atoms in total. The van der Waals surface area contributed by atoms with Crippen LogP contribution < -0.4 is 0 Å². The molecule has 0 heterocycles. The van der Waals surface area contributed by atoms with Gasteiger partial charge in [0.15, 0.2) is 0 Å². The van der Waals surface area contributed by atoms with Gasteiger partial charge in [-0.1, -0.05) is 54.6 Å². The van der Waals surface area contributed by atoms with Gasteiger partial charge in [0.2, 0.25) is 0 Å². The van der Waals surface area contributed by atoms with E-state index < -0.39 is 0 Å². The summed E-state index contributed by atoms with van der Waals surface area (Å²) in [5.41, 5.74) is 3.12. The third kappa shape index (κ3) is 8.32. The summed E-state index contributed by atoms with van der Waals surface area (Å²) in [7, 11) is 0. The lowest BCUT2D eigenvalue weighted by Gasteiger charge is -2.14. The van der Waals surface area contributed by atoms with Gasteiger partial charge in [-0.05, 0) is 49.7 Å². The number of allylic oxidation sites excluding steroid dienone is 3. The van der Waals surface area contributed by atoms with E-state index >= 15 is 0 Å². The zero-order chi connectivity index (χ0) is 16.9. The number of ether oxygens (including phenoxy) is 1. The first-order valence-corrected chi connectivity index (χ1v) is 8.19. The Labute approximate surface area is 140 Å². The molecule has 1 atom stereocenters. The van der Waals surface area contributed by atoms with Gasteiger partial charge in [-0.2, -0.15) is 0 Å². The summed E-state index contributed by atoms with van der Waals surface area (Å²) in [5.74, 6) is 0.410. The van der Waals surface area contributed by atoms with Gasteiger partial charge < -0.3 is 4.74 Å². The van der Waals surface area contributed by atoms with Crippen LogP contribution in [0.4, 0.5) is 0 Å². The number of aldehydes is 1. The average molecular weight is 312 g/mol. The fraction of sp³-hybridized carbons (Fsp3) is 0.381. The molecular weight excluding hydrogens is 284 g/mol. The number of hydrogen-bond acceptors (Lipinski definition) is 2. The molecule has 1 aromatic rings. The van der Waals surface area contributed by atoms with Crippen LogP contribution in [0.3, 0.4) is 0 Å². The molecule has 23 heavy (non-hydrogen) atoms. The minimum Gasteiger partial charge on any atom is -0.376 e. The molecule has 0 aliphatic rings. The van der Waals surface area contributed by atoms with E-state index in [0.717, 1.165) is 42.3 Å². The number of carbonyl (C=O) groups excluding carboxylic acids is 1. The third-order valence-corrected chi connectivity index (χ3v) is 3.88. The van der Waals surface area contributed by atoms with Crippen molar-refractivity contribution in [3.63, 3.8) is 0 Å². The summed E-state index contributed by atoms with van der Waals surface area (Å²) in [4.78, 5) is 11.2. The predicted octanol–water partition coefficient (Wildman–Crippen LogP) is 5.27. The van der Waals surface area contributed by atoms with Crippen molar-refractivity contribution in [1.82, 2.24) is 0 Å². The largest absolute Gasteiger partial charge is 0.376 e. The molecule has 0 radical (unpaired) electrons. The molecule has 0 aliphatic heterocycles. The molecule has 1 rings (SSSR count). The molecule has 1 aromatic carbocycles. The van der Waals surface area contributed by atoms with E-state index in [0.29, 0.717) is 25.6 Å². The molecule has 0 saturated heterocycles. The standard InChI is InChI=1S/C21H28O2/c1-4-5-11-21(18(2)3)13-12-19(16-22)14-15-23-17-20-9-7-6-8-10-20/h4,6-10,12,16,21H,1-2,5,11,13-15,17H2,3H3/b19-12+. The van der Waals surface area contributed by atoms with Crippen molar-refractivity contribution in [3.8, 4) is 0 Å². The van der Waals surface area contributed by atoms with Crippen molar-refractivity contribution in [2.75, 3.05) is 6.61 Å². The smallest absolute Gasteiger partial charge is 0.145 e. The SMILES string of the molecule is C=CCCC(C/C=C(/C=O)CCOCc1ccccc1)C(=C)C. The molecule has 0 bridgehead atoms. The van der Waals surface area contributed by atoms with Crippen LogP contribution in [0.5, 0.6) is 0 Å². The van der Waals surface area contributed by atoms with Crippen molar-refractivity contribution < 1.29 is 9.53 Å². The Kier molecular flexibility index (Phi) is 9.65. The summed E-state index contributed by atoms with van der Waals surface area (Å²) in [6.45, 7) is 11.0. The van der Waals surface area contributed by atoms with Crippen LogP contribution >= 0.6 is 0 Å². The molecule has 0 N–H and O–H groups in total. The normalized spacial score (nSPS) is 12.7. The number of hydrogen-bond donors (Lipinski definition) is 0. The van der Waals surface area contributed by atoms with E-state index in [4.69, 9.17) is 4.74 Å². The summed E-state index contributed by atoms with van der Waals surface area (Å²) < 4.78 is 5.64. The van der Waals surface area contributed by atoms with Crippen LogP contribution in [-0.4, -0.2) is 12.9 Å². The topological polar surface area (TPSA) is 26.3 Å². The minimum atomic E-state index is 0.410. The molecular formula is C21H28O2. The number of carbonyl (C=O) groups is 1. The molecule has 2 heteroatoms. The Bertz CT molecular complexity index is 514. The molecule has 0 aliphatic carbocycles. The summed E-state index contributed by atoms with van der Waals surface area (Å²) in [6.07, 6.45) is 8.42. The van der Waals surface area contributed by atoms with Gasteiger partial charge in [0.25, 0.3) is 0 Å². The van der Waals surface area contributed by atoms with Crippen molar-refractivity contribution in [2.24, 2.45) is 5.92 Å². The molecule has 0 saturated carbocycles. The summed E-state index contributed by atoms with van der Waals surface area (Å²) in [5, 5.41) is 0. The van der Waals surface area contributed by atoms with Crippen molar-refractivity contribution in [1.29, 1.82) is 0 Å². The Hall–Kier alpha value is -1.93. The van der Waals surface area contributed by atoms with Crippen LogP contribution in [0.15, 0.2) is 66.8 Å². The van der Waals surface area contributed by atoms with Gasteiger partial charge in [0.05, 0.1) is 13.2 Å². The average Bonchev–Trinajstić information content (AvgIpc) is 2.57. The lowest BCUT2D eigenvalue weighted by Crippen LogP contribution is -2.02. The van der Waals surface area contributed by atoms with Crippen molar-refractivity contribution in [2.45, 2.75) is 39.2 Å². The van der Waals surface area contributed by atoms with Crippen LogP contribution in [0.2, 0.25) is 0 Å². The second-order valence-electron chi connectivity index (χ2n) is 5.83. The van der Waals surface area contributed by atoms with Crippen molar-refractivity contribution >= 4 is 6.29 Å². The van der Waals surface area contributed by atoms with Crippen LogP contribution in [0.1, 0.15) is 38.2 Å². The Morgan fingerprint density at radius 2 is 2.04 bits per heavy atom. The minimum absolute atomic E-state index is 0.410. The third-order valence-electron chi connectivity index (χ3n) is 3.88. The monoisotopic (exact) mass is 312 g/mol. The lowest BCUT2D eigenvalue weighted by atomic mass is 9.92. The number of benzene rings is 1. The highest BCUT2D eigenvalue weighted by molar-refractivity contribution is 5.73. The highest BCUT2D eigenvalue weighted by Crippen LogP contribution is 2.21. The zero-order valence-corrected chi connectivity index (χ0v) is 14.2. The molecule has 0 aromatic heterocycles. The van der Waals surface area contributed by atoms with Gasteiger partial charge >= 0.3 is 0 Å². The molecule has 124 valence electrons.